The molecular formula is C15H17N3O. The van der Waals surface area contributed by atoms with Crippen LogP contribution in [0.1, 0.15) is 30.7 Å². The molecule has 98 valence electrons. The van der Waals surface area contributed by atoms with Gasteiger partial charge in [-0.2, -0.15) is 0 Å². The van der Waals surface area contributed by atoms with Crippen molar-refractivity contribution in [1.29, 1.82) is 0 Å². The maximum atomic E-state index is 5.69. The van der Waals surface area contributed by atoms with Crippen LogP contribution in [0.25, 0.3) is 0 Å². The molecule has 0 bridgehead atoms. The Balaban J connectivity index is 1.87. The Morgan fingerprint density at radius 3 is 3.11 bits per heavy atom. The summed E-state index contributed by atoms with van der Waals surface area (Å²) in [5.41, 5.74) is 1.18. The Hall–Kier alpha value is -2.10. The van der Waals surface area contributed by atoms with Crippen LogP contribution < -0.4 is 10.1 Å². The van der Waals surface area contributed by atoms with E-state index in [4.69, 9.17) is 4.74 Å². The molecule has 4 nitrogen and oxygen atoms in total. The minimum Gasteiger partial charge on any atom is -0.492 e. The quantitative estimate of drug-likeness (QED) is 0.912. The predicted octanol–water partition coefficient (Wildman–Crippen LogP) is 2.82. The second-order valence-corrected chi connectivity index (χ2v) is 4.63. The lowest BCUT2D eigenvalue weighted by atomic mass is 10.0. The molecule has 1 aliphatic heterocycles. The third-order valence-corrected chi connectivity index (χ3v) is 3.24. The molecule has 0 saturated carbocycles. The van der Waals surface area contributed by atoms with Crippen LogP contribution >= 0.6 is 0 Å². The standard InChI is InChI=1S/C15H17N3O/c1-2-8-16-14-7-9-17-15(18-14)12-10-19-13-6-4-3-5-11(12)13/h3-7,9,12H,2,8,10H2,1H3,(H,16,17,18). The van der Waals surface area contributed by atoms with E-state index in [1.165, 1.54) is 5.56 Å². The molecule has 2 aromatic rings. The molecule has 1 atom stereocenters. The Morgan fingerprint density at radius 2 is 2.21 bits per heavy atom. The number of fused-ring (bicyclic) bond motifs is 1. The van der Waals surface area contributed by atoms with Crippen LogP contribution in [0.15, 0.2) is 36.5 Å². The highest BCUT2D eigenvalue weighted by atomic mass is 16.5. The fraction of sp³-hybridized carbons (Fsp3) is 0.333. The van der Waals surface area contributed by atoms with Gasteiger partial charge in [-0.3, -0.25) is 0 Å². The second kappa shape index (κ2) is 5.26. The lowest BCUT2D eigenvalue weighted by Crippen LogP contribution is -2.10. The summed E-state index contributed by atoms with van der Waals surface area (Å²) >= 11 is 0. The summed E-state index contributed by atoms with van der Waals surface area (Å²) in [6.07, 6.45) is 2.88. The summed E-state index contributed by atoms with van der Waals surface area (Å²) in [5, 5.41) is 3.29. The molecule has 1 unspecified atom stereocenters. The summed E-state index contributed by atoms with van der Waals surface area (Å²) < 4.78 is 5.69. The van der Waals surface area contributed by atoms with Crippen LogP contribution in [0.3, 0.4) is 0 Å². The fourth-order valence-corrected chi connectivity index (χ4v) is 2.27. The van der Waals surface area contributed by atoms with Crippen molar-refractivity contribution in [3.05, 3.63) is 47.9 Å². The smallest absolute Gasteiger partial charge is 0.141 e. The van der Waals surface area contributed by atoms with E-state index in [1.54, 1.807) is 6.20 Å². The summed E-state index contributed by atoms with van der Waals surface area (Å²) in [4.78, 5) is 8.99. The lowest BCUT2D eigenvalue weighted by molar-refractivity contribution is 0.340. The third-order valence-electron chi connectivity index (χ3n) is 3.24. The first-order valence-corrected chi connectivity index (χ1v) is 6.67. The number of rotatable bonds is 4. The first-order valence-electron chi connectivity index (χ1n) is 6.67. The monoisotopic (exact) mass is 255 g/mol. The fourth-order valence-electron chi connectivity index (χ4n) is 2.27. The average molecular weight is 255 g/mol. The van der Waals surface area contributed by atoms with Crippen molar-refractivity contribution >= 4 is 5.82 Å². The minimum atomic E-state index is 0.138. The molecule has 1 N–H and O–H groups in total. The van der Waals surface area contributed by atoms with Gasteiger partial charge in [-0.25, -0.2) is 9.97 Å². The van der Waals surface area contributed by atoms with Crippen LogP contribution in [0.4, 0.5) is 5.82 Å². The molecule has 3 rings (SSSR count). The average Bonchev–Trinajstić information content (AvgIpc) is 2.89. The van der Waals surface area contributed by atoms with E-state index in [-0.39, 0.29) is 5.92 Å². The Kier molecular flexibility index (Phi) is 3.31. The molecule has 4 heteroatoms. The maximum Gasteiger partial charge on any atom is 0.141 e. The van der Waals surface area contributed by atoms with Gasteiger partial charge < -0.3 is 10.1 Å². The zero-order valence-electron chi connectivity index (χ0n) is 11.0. The zero-order valence-corrected chi connectivity index (χ0v) is 11.0. The van der Waals surface area contributed by atoms with Gasteiger partial charge >= 0.3 is 0 Å². The highest BCUT2D eigenvalue weighted by Crippen LogP contribution is 2.36. The van der Waals surface area contributed by atoms with Gasteiger partial charge in [0.15, 0.2) is 0 Å². The van der Waals surface area contributed by atoms with E-state index in [0.29, 0.717) is 6.61 Å². The van der Waals surface area contributed by atoms with Crippen molar-refractivity contribution in [2.45, 2.75) is 19.3 Å². The SMILES string of the molecule is CCCNc1ccnc(C2COc3ccccc32)n1. The lowest BCUT2D eigenvalue weighted by Gasteiger charge is -2.09. The van der Waals surface area contributed by atoms with Crippen LogP contribution in [-0.2, 0) is 0 Å². The number of nitrogens with zero attached hydrogens (tertiary/aromatic N) is 2. The molecule has 1 aromatic heterocycles. The van der Waals surface area contributed by atoms with Crippen LogP contribution in [0, 0.1) is 0 Å². The molecule has 0 fully saturated rings. The molecule has 1 aromatic carbocycles. The van der Waals surface area contributed by atoms with E-state index >= 15 is 0 Å². The highest BCUT2D eigenvalue weighted by molar-refractivity contribution is 5.44. The number of para-hydroxylation sites is 1. The molecule has 0 aliphatic carbocycles. The van der Waals surface area contributed by atoms with Gasteiger partial charge in [0, 0.05) is 18.3 Å². The van der Waals surface area contributed by atoms with Gasteiger partial charge in [0.1, 0.15) is 24.0 Å². The Morgan fingerprint density at radius 1 is 1.32 bits per heavy atom. The maximum absolute atomic E-state index is 5.69. The van der Waals surface area contributed by atoms with Crippen molar-refractivity contribution in [2.75, 3.05) is 18.5 Å². The van der Waals surface area contributed by atoms with Gasteiger partial charge in [-0.15, -0.1) is 0 Å². The van der Waals surface area contributed by atoms with Crippen molar-refractivity contribution in [2.24, 2.45) is 0 Å². The van der Waals surface area contributed by atoms with E-state index in [0.717, 1.165) is 30.4 Å². The van der Waals surface area contributed by atoms with E-state index in [1.807, 2.05) is 24.3 Å². The number of hydrogen-bond acceptors (Lipinski definition) is 4. The van der Waals surface area contributed by atoms with Crippen LogP contribution in [0.5, 0.6) is 5.75 Å². The van der Waals surface area contributed by atoms with Crippen molar-refractivity contribution in [1.82, 2.24) is 9.97 Å². The van der Waals surface area contributed by atoms with Gasteiger partial charge in [0.25, 0.3) is 0 Å². The van der Waals surface area contributed by atoms with E-state index < -0.39 is 0 Å². The largest absolute Gasteiger partial charge is 0.492 e. The van der Waals surface area contributed by atoms with Crippen molar-refractivity contribution in [3.63, 3.8) is 0 Å². The third kappa shape index (κ3) is 2.38. The topological polar surface area (TPSA) is 47.0 Å². The number of nitrogens with one attached hydrogen (secondary N) is 1. The Bertz CT molecular complexity index is 571. The van der Waals surface area contributed by atoms with E-state index in [2.05, 4.69) is 28.3 Å². The zero-order chi connectivity index (χ0) is 13.1. The summed E-state index contributed by atoms with van der Waals surface area (Å²) in [5.74, 6) is 2.80. The van der Waals surface area contributed by atoms with Gasteiger partial charge in [0.2, 0.25) is 0 Å². The molecule has 1 aliphatic rings. The summed E-state index contributed by atoms with van der Waals surface area (Å²) in [6.45, 7) is 3.68. The summed E-state index contributed by atoms with van der Waals surface area (Å²) in [7, 11) is 0. The normalized spacial score (nSPS) is 16.8. The molecular weight excluding hydrogens is 238 g/mol. The van der Waals surface area contributed by atoms with Crippen molar-refractivity contribution in [3.8, 4) is 5.75 Å². The number of anilines is 1. The molecule has 0 amide bonds. The number of hydrogen-bond donors (Lipinski definition) is 1. The molecule has 19 heavy (non-hydrogen) atoms. The van der Waals surface area contributed by atoms with Crippen LogP contribution in [-0.4, -0.2) is 23.1 Å². The van der Waals surface area contributed by atoms with Gasteiger partial charge in [-0.1, -0.05) is 25.1 Å². The van der Waals surface area contributed by atoms with Crippen LogP contribution in [0.2, 0.25) is 0 Å². The molecule has 0 spiro atoms. The highest BCUT2D eigenvalue weighted by Gasteiger charge is 2.27. The number of ether oxygens (including phenoxy) is 1. The number of aromatic nitrogens is 2. The minimum absolute atomic E-state index is 0.138. The van der Waals surface area contributed by atoms with Gasteiger partial charge in [0.05, 0.1) is 5.92 Å². The first kappa shape index (κ1) is 12.0. The van der Waals surface area contributed by atoms with Crippen molar-refractivity contribution < 1.29 is 4.74 Å². The second-order valence-electron chi connectivity index (χ2n) is 4.63. The molecule has 0 radical (unpaired) electrons. The van der Waals surface area contributed by atoms with Gasteiger partial charge in [-0.05, 0) is 18.6 Å². The predicted molar refractivity (Wildman–Crippen MR) is 74.6 cm³/mol. The number of benzene rings is 1. The van der Waals surface area contributed by atoms with E-state index in [9.17, 15) is 0 Å². The Labute approximate surface area is 112 Å². The molecule has 2 heterocycles. The first-order chi connectivity index (χ1) is 9.38. The molecule has 0 saturated heterocycles. The summed E-state index contributed by atoms with van der Waals surface area (Å²) in [6, 6.07) is 10.00.